The van der Waals surface area contributed by atoms with Crippen LogP contribution in [0.25, 0.3) is 11.3 Å². The lowest BCUT2D eigenvalue weighted by atomic mass is 9.98. The predicted octanol–water partition coefficient (Wildman–Crippen LogP) is 3.13. The largest absolute Gasteiger partial charge is 0.417 e. The number of hydrazine groups is 1. The lowest BCUT2D eigenvalue weighted by molar-refractivity contribution is -0.137. The van der Waals surface area contributed by atoms with Crippen molar-refractivity contribution in [2.45, 2.75) is 6.18 Å². The van der Waals surface area contributed by atoms with Crippen molar-refractivity contribution in [1.82, 2.24) is 14.4 Å². The van der Waals surface area contributed by atoms with Crippen molar-refractivity contribution in [3.05, 3.63) is 41.6 Å². The van der Waals surface area contributed by atoms with Crippen molar-refractivity contribution >= 4 is 30.0 Å². The van der Waals surface area contributed by atoms with Crippen LogP contribution in [0.4, 0.5) is 18.9 Å². The Hall–Kier alpha value is -2.46. The van der Waals surface area contributed by atoms with Crippen molar-refractivity contribution in [3.63, 3.8) is 0 Å². The van der Waals surface area contributed by atoms with Gasteiger partial charge in [0.05, 0.1) is 11.1 Å². The van der Waals surface area contributed by atoms with Crippen LogP contribution in [0.1, 0.15) is 15.9 Å². The normalized spacial score (nSPS) is 11.3. The molecule has 1 aromatic heterocycles. The molecule has 2 N–H and O–H groups in total. The molecule has 0 aliphatic carbocycles. The third kappa shape index (κ3) is 3.86. The van der Waals surface area contributed by atoms with Crippen molar-refractivity contribution < 1.29 is 22.8 Å². The summed E-state index contributed by atoms with van der Waals surface area (Å²) in [7, 11) is 3.01. The second-order valence-electron chi connectivity index (χ2n) is 5.27. The van der Waals surface area contributed by atoms with Gasteiger partial charge in [0.2, 0.25) is 6.41 Å². The minimum atomic E-state index is -4.62. The quantitative estimate of drug-likeness (QED) is 0.454. The maximum Gasteiger partial charge on any atom is 0.417 e. The Labute approximate surface area is 152 Å². The zero-order chi connectivity index (χ0) is 19.5. The van der Waals surface area contributed by atoms with E-state index in [0.717, 1.165) is 24.1 Å². The molecule has 0 atom stereocenters. The summed E-state index contributed by atoms with van der Waals surface area (Å²) in [6.45, 7) is 0. The first-order chi connectivity index (χ1) is 12.2. The number of nitrogens with zero attached hydrogens (tertiary/aromatic N) is 2. The zero-order valence-corrected chi connectivity index (χ0v) is 15.0. The lowest BCUT2D eigenvalue weighted by Gasteiger charge is -2.21. The Bertz CT molecular complexity index is 820. The van der Waals surface area contributed by atoms with Gasteiger partial charge in [-0.25, -0.2) is 5.01 Å². The fraction of sp³-hybridized carbons (Fsp3) is 0.250. The summed E-state index contributed by atoms with van der Waals surface area (Å²) in [5, 5.41) is 3.26. The van der Waals surface area contributed by atoms with E-state index in [-0.39, 0.29) is 23.2 Å². The number of carbonyl (C=O) groups is 2. The van der Waals surface area contributed by atoms with Crippen molar-refractivity contribution in [2.75, 3.05) is 18.6 Å². The van der Waals surface area contributed by atoms with Crippen LogP contribution in [-0.2, 0) is 18.0 Å². The molecular formula is C16H17F3N4O2S. The monoisotopic (exact) mass is 386 g/mol. The molecular weight excluding hydrogens is 369 g/mol. The van der Waals surface area contributed by atoms with Gasteiger partial charge in [-0.05, 0) is 30.5 Å². The van der Waals surface area contributed by atoms with Gasteiger partial charge in [-0.15, -0.1) is 0 Å². The molecule has 10 heteroatoms. The van der Waals surface area contributed by atoms with Gasteiger partial charge in [0.25, 0.3) is 5.91 Å². The van der Waals surface area contributed by atoms with Crippen LogP contribution in [0, 0.1) is 0 Å². The minimum Gasteiger partial charge on any atom is -0.387 e. The van der Waals surface area contributed by atoms with E-state index in [1.807, 2.05) is 0 Å². The fourth-order valence-electron chi connectivity index (χ4n) is 2.51. The third-order valence-electron chi connectivity index (χ3n) is 3.70. The van der Waals surface area contributed by atoms with Crippen LogP contribution in [0.5, 0.6) is 0 Å². The second-order valence-corrected chi connectivity index (χ2v) is 5.86. The Morgan fingerprint density at radius 2 is 2.04 bits per heavy atom. The Morgan fingerprint density at radius 1 is 1.35 bits per heavy atom. The summed E-state index contributed by atoms with van der Waals surface area (Å²) in [5.41, 5.74) is -0.831. The molecule has 2 amide bonds. The summed E-state index contributed by atoms with van der Waals surface area (Å²) in [5.74, 6) is -0.775. The van der Waals surface area contributed by atoms with Crippen LogP contribution in [0.2, 0.25) is 0 Å². The van der Waals surface area contributed by atoms with Gasteiger partial charge in [0.1, 0.15) is 0 Å². The molecule has 0 saturated heterocycles. The minimum absolute atomic E-state index is 0.0324. The van der Waals surface area contributed by atoms with E-state index < -0.39 is 17.6 Å². The van der Waals surface area contributed by atoms with E-state index in [1.54, 1.807) is 25.6 Å². The first-order valence-corrected chi connectivity index (χ1v) is 8.59. The molecule has 0 spiro atoms. The first kappa shape index (κ1) is 19.9. The van der Waals surface area contributed by atoms with Crippen LogP contribution >= 0.6 is 11.9 Å². The summed E-state index contributed by atoms with van der Waals surface area (Å²) < 4.78 is 42.2. The molecule has 0 saturated carbocycles. The molecule has 2 rings (SSSR count). The summed E-state index contributed by atoms with van der Waals surface area (Å²) >= 11 is 1.00. The molecule has 2 aromatic rings. The zero-order valence-electron chi connectivity index (χ0n) is 14.2. The van der Waals surface area contributed by atoms with E-state index in [1.165, 1.54) is 17.7 Å². The van der Waals surface area contributed by atoms with Crippen LogP contribution in [-0.4, -0.2) is 35.2 Å². The number of carbonyl (C=O) groups excluding carboxylic acids is 2. The Kier molecular flexibility index (Phi) is 5.98. The molecule has 6 nitrogen and oxygen atoms in total. The lowest BCUT2D eigenvalue weighted by Crippen LogP contribution is -2.38. The predicted molar refractivity (Wildman–Crippen MR) is 94.3 cm³/mol. The fourth-order valence-corrected chi connectivity index (χ4v) is 2.83. The highest BCUT2D eigenvalue weighted by Gasteiger charge is 2.36. The van der Waals surface area contributed by atoms with E-state index in [9.17, 15) is 22.8 Å². The van der Waals surface area contributed by atoms with Gasteiger partial charge in [-0.3, -0.25) is 9.59 Å². The average Bonchev–Trinajstić information content (AvgIpc) is 3.02. The molecule has 1 heterocycles. The number of benzene rings is 1. The number of hydrogen-bond donors (Lipinski definition) is 2. The van der Waals surface area contributed by atoms with Gasteiger partial charge < -0.3 is 9.88 Å². The molecule has 1 aromatic carbocycles. The molecule has 0 fully saturated rings. The van der Waals surface area contributed by atoms with E-state index >= 15 is 0 Å². The number of halogens is 3. The average molecular weight is 386 g/mol. The number of anilines is 1. The molecule has 140 valence electrons. The number of nitrogens with one attached hydrogen (secondary N) is 2. The number of imide groups is 1. The smallest absolute Gasteiger partial charge is 0.387 e. The van der Waals surface area contributed by atoms with E-state index in [4.69, 9.17) is 0 Å². The molecule has 0 aliphatic heterocycles. The van der Waals surface area contributed by atoms with Crippen LogP contribution in [0.3, 0.4) is 0 Å². The second kappa shape index (κ2) is 7.83. The highest BCUT2D eigenvalue weighted by atomic mass is 32.2. The Balaban J connectivity index is 2.72. The topological polar surface area (TPSA) is 66.4 Å². The SMILES string of the molecule is CNc1cc(C(F)(F)F)c(-c2cccn2C)cc1C(=O)N(C=O)NSC. The highest BCUT2D eigenvalue weighted by molar-refractivity contribution is 7.96. The number of aromatic nitrogens is 1. The van der Waals surface area contributed by atoms with Crippen molar-refractivity contribution in [3.8, 4) is 11.3 Å². The first-order valence-electron chi connectivity index (χ1n) is 7.36. The Morgan fingerprint density at radius 3 is 2.50 bits per heavy atom. The van der Waals surface area contributed by atoms with Gasteiger partial charge in [0.15, 0.2) is 0 Å². The number of alkyl halides is 3. The number of rotatable bonds is 6. The number of hydrogen-bond acceptors (Lipinski definition) is 5. The standard InChI is InChI=1S/C16H17F3N4O2S/c1-20-13-8-12(16(17,18)19)10(14-5-4-6-22(14)2)7-11(13)15(25)23(9-24)21-26-3/h4-9,20-21H,1-3H3. The van der Waals surface area contributed by atoms with Crippen molar-refractivity contribution in [2.24, 2.45) is 7.05 Å². The van der Waals surface area contributed by atoms with Gasteiger partial charge >= 0.3 is 6.18 Å². The maximum absolute atomic E-state index is 13.6. The highest BCUT2D eigenvalue weighted by Crippen LogP contribution is 2.40. The van der Waals surface area contributed by atoms with Crippen LogP contribution < -0.4 is 10.1 Å². The summed E-state index contributed by atoms with van der Waals surface area (Å²) in [4.78, 5) is 26.2. The maximum atomic E-state index is 13.6. The molecule has 26 heavy (non-hydrogen) atoms. The summed E-state index contributed by atoms with van der Waals surface area (Å²) in [6, 6.07) is 5.15. The molecule has 0 bridgehead atoms. The molecule has 0 radical (unpaired) electrons. The molecule has 0 unspecified atom stereocenters. The summed E-state index contributed by atoms with van der Waals surface area (Å²) in [6.07, 6.45) is -1.15. The van der Waals surface area contributed by atoms with Gasteiger partial charge in [-0.2, -0.15) is 18.0 Å². The van der Waals surface area contributed by atoms with Crippen LogP contribution in [0.15, 0.2) is 30.5 Å². The third-order valence-corrected chi connectivity index (χ3v) is 4.08. The van der Waals surface area contributed by atoms with Gasteiger partial charge in [0, 0.05) is 37.2 Å². The number of amides is 2. The van der Waals surface area contributed by atoms with E-state index in [2.05, 4.69) is 10.1 Å². The molecule has 0 aliphatic rings. The van der Waals surface area contributed by atoms with E-state index in [0.29, 0.717) is 10.7 Å². The van der Waals surface area contributed by atoms with Gasteiger partial charge in [-0.1, -0.05) is 11.9 Å². The number of aryl methyl sites for hydroxylation is 1. The van der Waals surface area contributed by atoms with Crippen molar-refractivity contribution in [1.29, 1.82) is 0 Å².